The summed E-state index contributed by atoms with van der Waals surface area (Å²) in [6.45, 7) is 7.93. The molecule has 0 aliphatic rings. The molecule has 2 N–H and O–H groups in total. The Morgan fingerprint density at radius 2 is 2.20 bits per heavy atom. The first-order valence-electron chi connectivity index (χ1n) is 5.09. The molecule has 0 aliphatic heterocycles. The number of hydrogen-bond donors (Lipinski definition) is 1. The summed E-state index contributed by atoms with van der Waals surface area (Å²) < 4.78 is 5.15. The first-order chi connectivity index (χ1) is 7.04. The third kappa shape index (κ3) is 3.10. The summed E-state index contributed by atoms with van der Waals surface area (Å²) in [7, 11) is 1.67. The van der Waals surface area contributed by atoms with E-state index in [0.717, 1.165) is 17.7 Å². The van der Waals surface area contributed by atoms with E-state index in [-0.39, 0.29) is 6.04 Å². The van der Waals surface area contributed by atoms with Crippen LogP contribution in [0.4, 0.5) is 0 Å². The number of nitrogens with two attached hydrogens (primary N) is 1. The fourth-order valence-corrected chi connectivity index (χ4v) is 1.68. The molecule has 0 aromatic heterocycles. The van der Waals surface area contributed by atoms with E-state index in [0.29, 0.717) is 0 Å². The summed E-state index contributed by atoms with van der Waals surface area (Å²) in [6, 6.07) is 6.02. The van der Waals surface area contributed by atoms with Gasteiger partial charge in [0.05, 0.1) is 7.11 Å². The zero-order valence-electron chi connectivity index (χ0n) is 9.71. The molecule has 1 rings (SSSR count). The van der Waals surface area contributed by atoms with Crippen LogP contribution in [0, 0.1) is 6.92 Å². The minimum atomic E-state index is 0.0356. The van der Waals surface area contributed by atoms with Gasteiger partial charge in [0.15, 0.2) is 0 Å². The summed E-state index contributed by atoms with van der Waals surface area (Å²) in [5.74, 6) is 0.874. The second kappa shape index (κ2) is 4.99. The topological polar surface area (TPSA) is 35.2 Å². The lowest BCUT2D eigenvalue weighted by Gasteiger charge is -2.15. The quantitative estimate of drug-likeness (QED) is 0.767. The molecular formula is C13H19NO. The van der Waals surface area contributed by atoms with Crippen molar-refractivity contribution in [1.29, 1.82) is 0 Å². The fourth-order valence-electron chi connectivity index (χ4n) is 1.68. The Bertz CT molecular complexity index is 358. The van der Waals surface area contributed by atoms with Gasteiger partial charge in [-0.15, -0.1) is 6.58 Å². The normalized spacial score (nSPS) is 12.3. The van der Waals surface area contributed by atoms with Gasteiger partial charge in [-0.2, -0.15) is 0 Å². The third-order valence-corrected chi connectivity index (χ3v) is 2.44. The van der Waals surface area contributed by atoms with Gasteiger partial charge in [-0.05, 0) is 43.5 Å². The molecule has 2 heteroatoms. The standard InChI is InChI=1S/C13H19NO/c1-9(2)7-13(14)12-6-5-11(15-4)8-10(12)3/h5-6,8,13H,1,7,14H2,2-4H3/t13-/m1/s1. The predicted octanol–water partition coefficient (Wildman–Crippen LogP) is 2.97. The van der Waals surface area contributed by atoms with Crippen LogP contribution in [0.2, 0.25) is 0 Å². The lowest BCUT2D eigenvalue weighted by molar-refractivity contribution is 0.414. The van der Waals surface area contributed by atoms with Crippen molar-refractivity contribution in [3.05, 3.63) is 41.5 Å². The van der Waals surface area contributed by atoms with Crippen molar-refractivity contribution >= 4 is 0 Å². The third-order valence-electron chi connectivity index (χ3n) is 2.44. The minimum Gasteiger partial charge on any atom is -0.497 e. The van der Waals surface area contributed by atoms with Crippen molar-refractivity contribution in [2.75, 3.05) is 7.11 Å². The highest BCUT2D eigenvalue weighted by Gasteiger charge is 2.09. The number of ether oxygens (including phenoxy) is 1. The SMILES string of the molecule is C=C(C)C[C@@H](N)c1ccc(OC)cc1C. The molecule has 0 spiro atoms. The zero-order chi connectivity index (χ0) is 11.4. The molecule has 0 bridgehead atoms. The highest BCUT2D eigenvalue weighted by molar-refractivity contribution is 5.36. The smallest absolute Gasteiger partial charge is 0.119 e. The second-order valence-corrected chi connectivity index (χ2v) is 3.99. The van der Waals surface area contributed by atoms with Crippen LogP contribution in [-0.4, -0.2) is 7.11 Å². The first-order valence-corrected chi connectivity index (χ1v) is 5.09. The molecule has 15 heavy (non-hydrogen) atoms. The van der Waals surface area contributed by atoms with E-state index in [9.17, 15) is 0 Å². The van der Waals surface area contributed by atoms with Gasteiger partial charge in [0.25, 0.3) is 0 Å². The Hall–Kier alpha value is -1.28. The maximum Gasteiger partial charge on any atom is 0.119 e. The van der Waals surface area contributed by atoms with E-state index in [4.69, 9.17) is 10.5 Å². The molecule has 1 aromatic carbocycles. The number of methoxy groups -OCH3 is 1. The van der Waals surface area contributed by atoms with Crippen LogP contribution in [0.15, 0.2) is 30.4 Å². The summed E-state index contributed by atoms with van der Waals surface area (Å²) in [5.41, 5.74) is 9.53. The van der Waals surface area contributed by atoms with E-state index in [1.807, 2.05) is 25.1 Å². The molecule has 0 fully saturated rings. The van der Waals surface area contributed by atoms with Crippen molar-refractivity contribution in [3.63, 3.8) is 0 Å². The second-order valence-electron chi connectivity index (χ2n) is 3.99. The minimum absolute atomic E-state index is 0.0356. The molecule has 0 saturated heterocycles. The van der Waals surface area contributed by atoms with E-state index in [1.54, 1.807) is 7.11 Å². The molecule has 2 nitrogen and oxygen atoms in total. The van der Waals surface area contributed by atoms with Gasteiger partial charge in [0.1, 0.15) is 5.75 Å². The number of aryl methyl sites for hydroxylation is 1. The summed E-state index contributed by atoms with van der Waals surface area (Å²) in [6.07, 6.45) is 0.827. The van der Waals surface area contributed by atoms with Crippen molar-refractivity contribution < 1.29 is 4.74 Å². The molecule has 0 unspecified atom stereocenters. The van der Waals surface area contributed by atoms with Crippen LogP contribution in [0.3, 0.4) is 0 Å². The van der Waals surface area contributed by atoms with E-state index < -0.39 is 0 Å². The highest BCUT2D eigenvalue weighted by Crippen LogP contribution is 2.24. The van der Waals surface area contributed by atoms with E-state index >= 15 is 0 Å². The molecular weight excluding hydrogens is 186 g/mol. The van der Waals surface area contributed by atoms with Crippen LogP contribution in [-0.2, 0) is 0 Å². The van der Waals surface area contributed by atoms with Gasteiger partial charge in [0.2, 0.25) is 0 Å². The molecule has 0 radical (unpaired) electrons. The van der Waals surface area contributed by atoms with Crippen molar-refractivity contribution in [2.45, 2.75) is 26.3 Å². The molecule has 1 aromatic rings. The van der Waals surface area contributed by atoms with Crippen LogP contribution in [0.25, 0.3) is 0 Å². The van der Waals surface area contributed by atoms with Crippen molar-refractivity contribution in [3.8, 4) is 5.75 Å². The maximum atomic E-state index is 6.09. The molecule has 82 valence electrons. The van der Waals surface area contributed by atoms with Gasteiger partial charge in [-0.25, -0.2) is 0 Å². The van der Waals surface area contributed by atoms with E-state index in [2.05, 4.69) is 13.5 Å². The lowest BCUT2D eigenvalue weighted by Crippen LogP contribution is -2.11. The van der Waals surface area contributed by atoms with Crippen LogP contribution < -0.4 is 10.5 Å². The van der Waals surface area contributed by atoms with Crippen molar-refractivity contribution in [1.82, 2.24) is 0 Å². The predicted molar refractivity (Wildman–Crippen MR) is 64.1 cm³/mol. The van der Waals surface area contributed by atoms with Crippen LogP contribution >= 0.6 is 0 Å². The average molecular weight is 205 g/mol. The van der Waals surface area contributed by atoms with Gasteiger partial charge in [-0.1, -0.05) is 11.6 Å². The Labute approximate surface area is 91.7 Å². The molecule has 1 atom stereocenters. The Balaban J connectivity index is 2.90. The number of hydrogen-bond acceptors (Lipinski definition) is 2. The molecule has 0 saturated carbocycles. The summed E-state index contributed by atoms with van der Waals surface area (Å²) in [5, 5.41) is 0. The maximum absolute atomic E-state index is 6.09. The highest BCUT2D eigenvalue weighted by atomic mass is 16.5. The summed E-state index contributed by atoms with van der Waals surface area (Å²) in [4.78, 5) is 0. The van der Waals surface area contributed by atoms with Gasteiger partial charge < -0.3 is 10.5 Å². The zero-order valence-corrected chi connectivity index (χ0v) is 9.71. The van der Waals surface area contributed by atoms with Gasteiger partial charge in [0, 0.05) is 6.04 Å². The molecule has 0 heterocycles. The Kier molecular flexibility index (Phi) is 3.92. The number of benzene rings is 1. The lowest BCUT2D eigenvalue weighted by atomic mass is 9.97. The van der Waals surface area contributed by atoms with Crippen LogP contribution in [0.5, 0.6) is 5.75 Å². The fraction of sp³-hybridized carbons (Fsp3) is 0.385. The van der Waals surface area contributed by atoms with Crippen molar-refractivity contribution in [2.24, 2.45) is 5.73 Å². The largest absolute Gasteiger partial charge is 0.497 e. The molecule has 0 amide bonds. The summed E-state index contributed by atoms with van der Waals surface area (Å²) >= 11 is 0. The van der Waals surface area contributed by atoms with E-state index in [1.165, 1.54) is 11.1 Å². The monoisotopic (exact) mass is 205 g/mol. The molecule has 0 aliphatic carbocycles. The Morgan fingerprint density at radius 3 is 2.67 bits per heavy atom. The first kappa shape index (κ1) is 11.8. The van der Waals surface area contributed by atoms with Gasteiger partial charge in [-0.3, -0.25) is 0 Å². The average Bonchev–Trinajstić information content (AvgIpc) is 2.16. The Morgan fingerprint density at radius 1 is 1.53 bits per heavy atom. The van der Waals surface area contributed by atoms with Crippen LogP contribution in [0.1, 0.15) is 30.5 Å². The number of rotatable bonds is 4. The van der Waals surface area contributed by atoms with Gasteiger partial charge >= 0.3 is 0 Å².